The molecule has 0 aliphatic carbocycles. The number of ether oxygens (including phenoxy) is 2. The number of nitrogens with zero attached hydrogens (tertiary/aromatic N) is 4. The summed E-state index contributed by atoms with van der Waals surface area (Å²) in [6, 6.07) is 21.0. The van der Waals surface area contributed by atoms with Gasteiger partial charge in [-0.15, -0.1) is 0 Å². The van der Waals surface area contributed by atoms with Crippen LogP contribution in [-0.4, -0.2) is 46.1 Å². The first-order chi connectivity index (χ1) is 16.2. The molecular weight excluding hydrogens is 416 g/mol. The molecule has 0 atom stereocenters. The summed E-state index contributed by atoms with van der Waals surface area (Å²) in [7, 11) is 3.43. The van der Waals surface area contributed by atoms with Gasteiger partial charge in [0.15, 0.2) is 0 Å². The van der Waals surface area contributed by atoms with Crippen LogP contribution in [0, 0.1) is 0 Å². The highest BCUT2D eigenvalue weighted by Crippen LogP contribution is 2.20. The van der Waals surface area contributed by atoms with E-state index in [9.17, 15) is 4.79 Å². The quantitative estimate of drug-likeness (QED) is 0.335. The number of hydrogen-bond acceptors (Lipinski definition) is 5. The number of hydrogen-bond donors (Lipinski definition) is 0. The second kappa shape index (κ2) is 10.6. The maximum Gasteiger partial charge on any atom is 0.272 e. The Kier molecular flexibility index (Phi) is 7.19. The lowest BCUT2D eigenvalue weighted by Crippen LogP contribution is -2.28. The number of aryl methyl sites for hydroxylation is 1. The Morgan fingerprint density at radius 1 is 1.00 bits per heavy atom. The average Bonchev–Trinajstić information content (AvgIpc) is 3.20. The van der Waals surface area contributed by atoms with Gasteiger partial charge in [-0.3, -0.25) is 9.78 Å². The second-order valence-electron chi connectivity index (χ2n) is 7.78. The molecule has 170 valence electrons. The zero-order valence-electron chi connectivity index (χ0n) is 19.0. The van der Waals surface area contributed by atoms with E-state index >= 15 is 0 Å². The smallest absolute Gasteiger partial charge is 0.272 e. The van der Waals surface area contributed by atoms with Crippen molar-refractivity contribution in [2.24, 2.45) is 0 Å². The van der Waals surface area contributed by atoms with Gasteiger partial charge in [0, 0.05) is 25.9 Å². The second-order valence-corrected chi connectivity index (χ2v) is 7.78. The maximum atomic E-state index is 12.8. The standard InChI is InChI=1S/C26H28N4O3/c1-29(26(31)23-13-5-6-15-27-23)19-25-28-22-12-3-4-14-24(22)30(25)16-7-8-17-33-21-11-9-10-20(18-21)32-2/h3-6,9-15,18H,7-8,16-17,19H2,1-2H3. The Bertz CT molecular complexity index is 1210. The molecule has 0 saturated heterocycles. The average molecular weight is 445 g/mol. The van der Waals surface area contributed by atoms with Gasteiger partial charge < -0.3 is 18.9 Å². The molecule has 0 radical (unpaired) electrons. The molecule has 0 N–H and O–H groups in total. The summed E-state index contributed by atoms with van der Waals surface area (Å²) in [6.07, 6.45) is 3.45. The lowest BCUT2D eigenvalue weighted by Gasteiger charge is -2.17. The number of amides is 1. The molecule has 2 aromatic heterocycles. The molecule has 4 aromatic rings. The Hall–Kier alpha value is -3.87. The van der Waals surface area contributed by atoms with Gasteiger partial charge in [-0.1, -0.05) is 24.3 Å². The molecular formula is C26H28N4O3. The Morgan fingerprint density at radius 3 is 2.64 bits per heavy atom. The predicted molar refractivity (Wildman–Crippen MR) is 127 cm³/mol. The van der Waals surface area contributed by atoms with E-state index in [4.69, 9.17) is 14.5 Å². The number of imidazole rings is 1. The van der Waals surface area contributed by atoms with Crippen LogP contribution < -0.4 is 9.47 Å². The molecule has 0 spiro atoms. The summed E-state index contributed by atoms with van der Waals surface area (Å²) in [5.74, 6) is 2.32. The fourth-order valence-corrected chi connectivity index (χ4v) is 3.72. The summed E-state index contributed by atoms with van der Waals surface area (Å²) in [5, 5.41) is 0. The van der Waals surface area contributed by atoms with Crippen LogP contribution in [0.4, 0.5) is 0 Å². The molecule has 2 heterocycles. The lowest BCUT2D eigenvalue weighted by molar-refractivity contribution is 0.0774. The van der Waals surface area contributed by atoms with Crippen LogP contribution >= 0.6 is 0 Å². The monoisotopic (exact) mass is 444 g/mol. The fourth-order valence-electron chi connectivity index (χ4n) is 3.72. The SMILES string of the molecule is COc1cccc(OCCCCn2c(CN(C)C(=O)c3ccccn3)nc3ccccc32)c1. The van der Waals surface area contributed by atoms with Crippen LogP contribution in [0.15, 0.2) is 72.9 Å². The first-order valence-electron chi connectivity index (χ1n) is 11.0. The molecule has 4 rings (SSSR count). The van der Waals surface area contributed by atoms with Crippen molar-refractivity contribution in [3.63, 3.8) is 0 Å². The van der Waals surface area contributed by atoms with Crippen LogP contribution in [0.1, 0.15) is 29.2 Å². The Labute approximate surface area is 193 Å². The molecule has 0 unspecified atom stereocenters. The van der Waals surface area contributed by atoms with Gasteiger partial charge in [0.25, 0.3) is 5.91 Å². The lowest BCUT2D eigenvalue weighted by atomic mass is 10.3. The zero-order chi connectivity index (χ0) is 23.0. The minimum absolute atomic E-state index is 0.124. The molecule has 33 heavy (non-hydrogen) atoms. The third-order valence-electron chi connectivity index (χ3n) is 5.43. The normalized spacial score (nSPS) is 10.8. The zero-order valence-corrected chi connectivity index (χ0v) is 19.0. The number of para-hydroxylation sites is 2. The third kappa shape index (κ3) is 5.49. The van der Waals surface area contributed by atoms with E-state index in [-0.39, 0.29) is 5.91 Å². The van der Waals surface area contributed by atoms with Crippen LogP contribution in [0.2, 0.25) is 0 Å². The van der Waals surface area contributed by atoms with Crippen LogP contribution in [-0.2, 0) is 13.1 Å². The van der Waals surface area contributed by atoms with Gasteiger partial charge >= 0.3 is 0 Å². The third-order valence-corrected chi connectivity index (χ3v) is 5.43. The van der Waals surface area contributed by atoms with Crippen molar-refractivity contribution in [2.75, 3.05) is 20.8 Å². The molecule has 7 nitrogen and oxygen atoms in total. The van der Waals surface area contributed by atoms with Crippen molar-refractivity contribution in [3.05, 3.63) is 84.4 Å². The van der Waals surface area contributed by atoms with E-state index in [0.29, 0.717) is 18.8 Å². The van der Waals surface area contributed by atoms with E-state index in [2.05, 4.69) is 15.6 Å². The number of aromatic nitrogens is 3. The predicted octanol–water partition coefficient (Wildman–Crippen LogP) is 4.57. The molecule has 7 heteroatoms. The number of fused-ring (bicyclic) bond motifs is 1. The molecule has 0 aliphatic rings. The Balaban J connectivity index is 1.40. The maximum absolute atomic E-state index is 12.8. The van der Waals surface area contributed by atoms with Gasteiger partial charge in [-0.2, -0.15) is 0 Å². The van der Waals surface area contributed by atoms with E-state index in [1.807, 2.05) is 48.5 Å². The summed E-state index contributed by atoms with van der Waals surface area (Å²) < 4.78 is 13.3. The molecule has 2 aromatic carbocycles. The summed E-state index contributed by atoms with van der Waals surface area (Å²) in [6.45, 7) is 1.82. The first-order valence-corrected chi connectivity index (χ1v) is 11.0. The molecule has 1 amide bonds. The van der Waals surface area contributed by atoms with Crippen LogP contribution in [0.25, 0.3) is 11.0 Å². The first kappa shape index (κ1) is 22.3. The number of methoxy groups -OCH3 is 1. The number of pyridine rings is 1. The molecule has 0 fully saturated rings. The number of rotatable bonds is 10. The highest BCUT2D eigenvalue weighted by atomic mass is 16.5. The summed E-state index contributed by atoms with van der Waals surface area (Å²) >= 11 is 0. The van der Waals surface area contributed by atoms with Crippen LogP contribution in [0.5, 0.6) is 11.5 Å². The minimum Gasteiger partial charge on any atom is -0.497 e. The molecule has 0 bridgehead atoms. The largest absolute Gasteiger partial charge is 0.497 e. The van der Waals surface area contributed by atoms with Crippen LogP contribution in [0.3, 0.4) is 0 Å². The number of carbonyl (C=O) groups excluding carboxylic acids is 1. The van der Waals surface area contributed by atoms with E-state index in [1.165, 1.54) is 0 Å². The highest BCUT2D eigenvalue weighted by Gasteiger charge is 2.17. The van der Waals surface area contributed by atoms with Crippen molar-refractivity contribution < 1.29 is 14.3 Å². The van der Waals surface area contributed by atoms with E-state index < -0.39 is 0 Å². The van der Waals surface area contributed by atoms with Gasteiger partial charge in [-0.05, 0) is 49.2 Å². The van der Waals surface area contributed by atoms with Crippen molar-refractivity contribution in [1.82, 2.24) is 19.4 Å². The van der Waals surface area contributed by atoms with Crippen molar-refractivity contribution in [1.29, 1.82) is 0 Å². The Morgan fingerprint density at radius 2 is 1.82 bits per heavy atom. The van der Waals surface area contributed by atoms with Gasteiger partial charge in [0.1, 0.15) is 23.0 Å². The number of benzene rings is 2. The molecule has 0 saturated carbocycles. The minimum atomic E-state index is -0.124. The topological polar surface area (TPSA) is 69.5 Å². The van der Waals surface area contributed by atoms with Gasteiger partial charge in [0.2, 0.25) is 0 Å². The fraction of sp³-hybridized carbons (Fsp3) is 0.269. The summed E-state index contributed by atoms with van der Waals surface area (Å²) in [5.41, 5.74) is 2.43. The van der Waals surface area contributed by atoms with Crippen molar-refractivity contribution in [3.8, 4) is 11.5 Å². The molecule has 0 aliphatic heterocycles. The number of carbonyl (C=O) groups is 1. The summed E-state index contributed by atoms with van der Waals surface area (Å²) in [4.78, 5) is 23.4. The van der Waals surface area contributed by atoms with E-state index in [0.717, 1.165) is 47.7 Å². The highest BCUT2D eigenvalue weighted by molar-refractivity contribution is 5.92. The van der Waals surface area contributed by atoms with Gasteiger partial charge in [0.05, 0.1) is 31.3 Å². The number of unbranched alkanes of at least 4 members (excludes halogenated alkanes) is 1. The van der Waals surface area contributed by atoms with E-state index in [1.54, 1.807) is 37.4 Å². The van der Waals surface area contributed by atoms with Crippen molar-refractivity contribution >= 4 is 16.9 Å². The van der Waals surface area contributed by atoms with Crippen molar-refractivity contribution in [2.45, 2.75) is 25.9 Å². The van der Waals surface area contributed by atoms with Gasteiger partial charge in [-0.25, -0.2) is 4.98 Å².